The third kappa shape index (κ3) is 4.56. The Morgan fingerprint density at radius 3 is 2.43 bits per heavy atom. The molecule has 0 bridgehead atoms. The van der Waals surface area contributed by atoms with Crippen LogP contribution in [0.2, 0.25) is 0 Å². The molecule has 3 rings (SSSR count). The Morgan fingerprint density at radius 1 is 1.07 bits per heavy atom. The number of halogens is 3. The van der Waals surface area contributed by atoms with E-state index in [9.17, 15) is 18.0 Å². The molecule has 0 aliphatic carbocycles. The molecule has 0 fully saturated rings. The summed E-state index contributed by atoms with van der Waals surface area (Å²) >= 11 is 0. The predicted molar refractivity (Wildman–Crippen MR) is 109 cm³/mol. The molecule has 1 amide bonds. The molecular weight excluding hydrogens is 391 g/mol. The van der Waals surface area contributed by atoms with Gasteiger partial charge in [0.25, 0.3) is 0 Å². The van der Waals surface area contributed by atoms with E-state index in [-0.39, 0.29) is 12.3 Å². The SMILES string of the molecule is Cc1ccccc1CN(C)C(=O)Cc1c(C)nn(-c2cccc(C(F)(F)F)c2)c1C. The van der Waals surface area contributed by atoms with Crippen LogP contribution in [0.4, 0.5) is 13.2 Å². The summed E-state index contributed by atoms with van der Waals surface area (Å²) in [5.41, 5.74) is 3.78. The molecule has 0 saturated carbocycles. The van der Waals surface area contributed by atoms with Gasteiger partial charge in [0.1, 0.15) is 0 Å². The molecular formula is C23H24F3N3O. The Morgan fingerprint density at radius 2 is 1.77 bits per heavy atom. The van der Waals surface area contributed by atoms with Crippen molar-refractivity contribution in [3.8, 4) is 5.69 Å². The molecule has 2 aromatic carbocycles. The fourth-order valence-corrected chi connectivity index (χ4v) is 3.41. The Bertz CT molecular complexity index is 1070. The normalized spacial score (nSPS) is 11.6. The van der Waals surface area contributed by atoms with Crippen LogP contribution in [0.1, 0.15) is 33.6 Å². The van der Waals surface area contributed by atoms with Crippen LogP contribution in [0.3, 0.4) is 0 Å². The first-order valence-electron chi connectivity index (χ1n) is 9.59. The maximum atomic E-state index is 13.1. The number of aryl methyl sites for hydroxylation is 2. The molecule has 0 saturated heterocycles. The molecule has 7 heteroatoms. The predicted octanol–water partition coefficient (Wildman–Crippen LogP) is 5.02. The van der Waals surface area contributed by atoms with Crippen molar-refractivity contribution in [2.24, 2.45) is 0 Å². The largest absolute Gasteiger partial charge is 0.416 e. The summed E-state index contributed by atoms with van der Waals surface area (Å²) in [5.74, 6) is -0.0759. The van der Waals surface area contributed by atoms with Crippen molar-refractivity contribution in [2.45, 2.75) is 39.9 Å². The van der Waals surface area contributed by atoms with Crippen molar-refractivity contribution in [3.05, 3.63) is 82.2 Å². The van der Waals surface area contributed by atoms with E-state index in [1.54, 1.807) is 31.9 Å². The fraction of sp³-hybridized carbons (Fsp3) is 0.304. The van der Waals surface area contributed by atoms with E-state index in [0.29, 0.717) is 23.6 Å². The highest BCUT2D eigenvalue weighted by Gasteiger charge is 2.31. The first-order chi connectivity index (χ1) is 14.1. The Labute approximate surface area is 173 Å². The second kappa shape index (κ2) is 8.34. The van der Waals surface area contributed by atoms with E-state index in [1.165, 1.54) is 10.7 Å². The molecule has 1 heterocycles. The van der Waals surface area contributed by atoms with Gasteiger partial charge in [0.2, 0.25) is 5.91 Å². The second-order valence-corrected chi connectivity index (χ2v) is 7.46. The molecule has 0 spiro atoms. The highest BCUT2D eigenvalue weighted by atomic mass is 19.4. The lowest BCUT2D eigenvalue weighted by atomic mass is 10.1. The molecule has 3 aromatic rings. The summed E-state index contributed by atoms with van der Waals surface area (Å²) in [6.07, 6.45) is -4.29. The molecule has 4 nitrogen and oxygen atoms in total. The Kier molecular flexibility index (Phi) is 6.01. The number of nitrogens with zero attached hydrogens (tertiary/aromatic N) is 3. The van der Waals surface area contributed by atoms with Crippen LogP contribution >= 0.6 is 0 Å². The zero-order chi connectivity index (χ0) is 22.1. The quantitative estimate of drug-likeness (QED) is 0.587. The minimum atomic E-state index is -4.43. The lowest BCUT2D eigenvalue weighted by molar-refractivity contribution is -0.137. The maximum Gasteiger partial charge on any atom is 0.416 e. The van der Waals surface area contributed by atoms with Gasteiger partial charge in [-0.05, 0) is 50.1 Å². The van der Waals surface area contributed by atoms with Crippen molar-refractivity contribution in [1.29, 1.82) is 0 Å². The third-order valence-electron chi connectivity index (χ3n) is 5.28. The summed E-state index contributed by atoms with van der Waals surface area (Å²) in [6.45, 7) is 6.03. The second-order valence-electron chi connectivity index (χ2n) is 7.46. The van der Waals surface area contributed by atoms with Crippen molar-refractivity contribution < 1.29 is 18.0 Å². The van der Waals surface area contributed by atoms with Gasteiger partial charge in [-0.1, -0.05) is 30.3 Å². The van der Waals surface area contributed by atoms with Crippen molar-refractivity contribution >= 4 is 5.91 Å². The zero-order valence-corrected chi connectivity index (χ0v) is 17.4. The van der Waals surface area contributed by atoms with Gasteiger partial charge < -0.3 is 4.90 Å². The highest BCUT2D eigenvalue weighted by molar-refractivity contribution is 5.79. The third-order valence-corrected chi connectivity index (χ3v) is 5.28. The standard InChI is InChI=1S/C23H24F3N3O/c1-15-8-5-6-9-18(15)14-28(4)22(30)13-21-16(2)27-29(17(21)3)20-11-7-10-19(12-20)23(24,25)26/h5-12H,13-14H2,1-4H3. The summed E-state index contributed by atoms with van der Waals surface area (Å²) in [7, 11) is 1.75. The average Bonchev–Trinajstić information content (AvgIpc) is 2.97. The molecule has 0 atom stereocenters. The van der Waals surface area contributed by atoms with Crippen molar-refractivity contribution in [2.75, 3.05) is 7.05 Å². The van der Waals surface area contributed by atoms with Gasteiger partial charge in [-0.2, -0.15) is 18.3 Å². The smallest absolute Gasteiger partial charge is 0.341 e. The van der Waals surface area contributed by atoms with E-state index in [4.69, 9.17) is 0 Å². The van der Waals surface area contributed by atoms with Gasteiger partial charge in [-0.3, -0.25) is 4.79 Å². The number of rotatable bonds is 5. The number of carbonyl (C=O) groups is 1. The number of alkyl halides is 3. The number of aromatic nitrogens is 2. The molecule has 0 aliphatic heterocycles. The highest BCUT2D eigenvalue weighted by Crippen LogP contribution is 2.31. The monoisotopic (exact) mass is 415 g/mol. The molecule has 158 valence electrons. The minimum absolute atomic E-state index is 0.0759. The number of amides is 1. The van der Waals surface area contributed by atoms with Crippen LogP contribution in [-0.4, -0.2) is 27.6 Å². The van der Waals surface area contributed by atoms with Crippen molar-refractivity contribution in [3.63, 3.8) is 0 Å². The van der Waals surface area contributed by atoms with E-state index < -0.39 is 11.7 Å². The van der Waals surface area contributed by atoms with Crippen LogP contribution in [0.5, 0.6) is 0 Å². The van der Waals surface area contributed by atoms with Gasteiger partial charge >= 0.3 is 6.18 Å². The minimum Gasteiger partial charge on any atom is -0.341 e. The van der Waals surface area contributed by atoms with E-state index >= 15 is 0 Å². The first kappa shape index (κ1) is 21.6. The number of hydrogen-bond acceptors (Lipinski definition) is 2. The van der Waals surface area contributed by atoms with Gasteiger partial charge in [-0.25, -0.2) is 4.68 Å². The number of likely N-dealkylation sites (N-methyl/N-ethyl adjacent to an activating group) is 1. The molecule has 30 heavy (non-hydrogen) atoms. The van der Waals surface area contributed by atoms with Gasteiger partial charge in [0.05, 0.1) is 23.4 Å². The zero-order valence-electron chi connectivity index (χ0n) is 17.4. The number of benzene rings is 2. The molecule has 1 aromatic heterocycles. The number of hydrogen-bond donors (Lipinski definition) is 0. The van der Waals surface area contributed by atoms with Crippen LogP contribution in [0.15, 0.2) is 48.5 Å². The number of carbonyl (C=O) groups excluding carboxylic acids is 1. The van der Waals surface area contributed by atoms with Crippen LogP contribution in [0.25, 0.3) is 5.69 Å². The Hall–Kier alpha value is -3.09. The van der Waals surface area contributed by atoms with Gasteiger partial charge in [0, 0.05) is 24.8 Å². The molecule has 0 radical (unpaired) electrons. The Balaban J connectivity index is 1.82. The molecule has 0 unspecified atom stereocenters. The fourth-order valence-electron chi connectivity index (χ4n) is 3.41. The van der Waals surface area contributed by atoms with Crippen LogP contribution < -0.4 is 0 Å². The van der Waals surface area contributed by atoms with E-state index in [0.717, 1.165) is 28.8 Å². The van der Waals surface area contributed by atoms with Crippen molar-refractivity contribution in [1.82, 2.24) is 14.7 Å². The lowest BCUT2D eigenvalue weighted by Crippen LogP contribution is -2.28. The van der Waals surface area contributed by atoms with E-state index in [1.807, 2.05) is 31.2 Å². The first-order valence-corrected chi connectivity index (χ1v) is 9.59. The topological polar surface area (TPSA) is 38.1 Å². The molecule has 0 aliphatic rings. The van der Waals surface area contributed by atoms with Crippen LogP contribution in [-0.2, 0) is 23.9 Å². The summed E-state index contributed by atoms with van der Waals surface area (Å²) in [6, 6.07) is 12.9. The summed E-state index contributed by atoms with van der Waals surface area (Å²) in [4.78, 5) is 14.5. The maximum absolute atomic E-state index is 13.1. The van der Waals surface area contributed by atoms with Crippen LogP contribution in [0, 0.1) is 20.8 Å². The summed E-state index contributed by atoms with van der Waals surface area (Å²) in [5, 5.41) is 4.39. The average molecular weight is 415 g/mol. The van der Waals surface area contributed by atoms with Gasteiger partial charge in [-0.15, -0.1) is 0 Å². The molecule has 0 N–H and O–H groups in total. The van der Waals surface area contributed by atoms with E-state index in [2.05, 4.69) is 5.10 Å². The lowest BCUT2D eigenvalue weighted by Gasteiger charge is -2.18. The summed E-state index contributed by atoms with van der Waals surface area (Å²) < 4.78 is 40.6. The van der Waals surface area contributed by atoms with Gasteiger partial charge in [0.15, 0.2) is 0 Å².